The summed E-state index contributed by atoms with van der Waals surface area (Å²) in [6.07, 6.45) is 2.24. The molecule has 87 valence electrons. The molecule has 16 heavy (non-hydrogen) atoms. The zero-order valence-electron chi connectivity index (χ0n) is 9.04. The molecular weight excluding hydrogens is 226 g/mol. The maximum absolute atomic E-state index is 11.3. The van der Waals surface area contributed by atoms with Crippen LogP contribution in [0.15, 0.2) is 24.3 Å². The summed E-state index contributed by atoms with van der Waals surface area (Å²) < 4.78 is 4.97. The molecule has 0 unspecified atom stereocenters. The van der Waals surface area contributed by atoms with Gasteiger partial charge >= 0.3 is 6.09 Å². The highest BCUT2D eigenvalue weighted by Crippen LogP contribution is 2.13. The number of carbonyl (C=O) groups is 1. The SMILES string of the molecule is [CH2]CCCCOC(=O)Nc1ccc(Cl)cc1. The monoisotopic (exact) mass is 240 g/mol. The molecule has 1 rings (SSSR count). The van der Waals surface area contributed by atoms with Crippen LogP contribution in [0.25, 0.3) is 0 Å². The zero-order valence-corrected chi connectivity index (χ0v) is 9.80. The van der Waals surface area contributed by atoms with Crippen LogP contribution in [0.4, 0.5) is 10.5 Å². The van der Waals surface area contributed by atoms with Gasteiger partial charge in [-0.05, 0) is 30.7 Å². The van der Waals surface area contributed by atoms with Crippen LogP contribution in [-0.2, 0) is 4.74 Å². The summed E-state index contributed by atoms with van der Waals surface area (Å²) in [5.41, 5.74) is 0.673. The van der Waals surface area contributed by atoms with Crippen LogP contribution < -0.4 is 5.32 Å². The minimum atomic E-state index is -0.439. The molecule has 0 aliphatic heterocycles. The lowest BCUT2D eigenvalue weighted by Crippen LogP contribution is -2.14. The van der Waals surface area contributed by atoms with Gasteiger partial charge in [0.2, 0.25) is 0 Å². The number of hydrogen-bond acceptors (Lipinski definition) is 2. The van der Waals surface area contributed by atoms with Crippen molar-refractivity contribution in [3.8, 4) is 0 Å². The Bertz CT molecular complexity index is 324. The fourth-order valence-electron chi connectivity index (χ4n) is 1.13. The van der Waals surface area contributed by atoms with Crippen LogP contribution in [0, 0.1) is 6.92 Å². The van der Waals surface area contributed by atoms with E-state index in [0.29, 0.717) is 17.3 Å². The third-order valence-corrected chi connectivity index (χ3v) is 2.22. The molecule has 0 spiro atoms. The molecule has 0 heterocycles. The average Bonchev–Trinajstić information content (AvgIpc) is 2.28. The smallest absolute Gasteiger partial charge is 0.411 e. The second-order valence-electron chi connectivity index (χ2n) is 3.33. The van der Waals surface area contributed by atoms with Gasteiger partial charge in [-0.2, -0.15) is 0 Å². The Labute approximate surface area is 101 Å². The Morgan fingerprint density at radius 1 is 1.31 bits per heavy atom. The van der Waals surface area contributed by atoms with Crippen LogP contribution in [0.5, 0.6) is 0 Å². The van der Waals surface area contributed by atoms with Gasteiger partial charge in [0.1, 0.15) is 0 Å². The van der Waals surface area contributed by atoms with Crippen LogP contribution in [0.2, 0.25) is 5.02 Å². The molecular formula is C12H15ClNO2. The number of hydrogen-bond donors (Lipinski definition) is 1. The van der Waals surface area contributed by atoms with Crippen LogP contribution in [0.3, 0.4) is 0 Å². The predicted octanol–water partition coefficient (Wildman–Crippen LogP) is 3.89. The van der Waals surface area contributed by atoms with Crippen molar-refractivity contribution in [2.45, 2.75) is 19.3 Å². The first-order valence-corrected chi connectivity index (χ1v) is 5.59. The highest BCUT2D eigenvalue weighted by atomic mass is 35.5. The molecule has 1 radical (unpaired) electrons. The van der Waals surface area contributed by atoms with E-state index in [0.717, 1.165) is 19.3 Å². The van der Waals surface area contributed by atoms with Crippen molar-refractivity contribution in [2.75, 3.05) is 11.9 Å². The number of rotatable bonds is 5. The molecule has 0 saturated carbocycles. The summed E-state index contributed by atoms with van der Waals surface area (Å²) in [5.74, 6) is 0. The lowest BCUT2D eigenvalue weighted by Gasteiger charge is -2.06. The van der Waals surface area contributed by atoms with E-state index in [1.165, 1.54) is 0 Å². The van der Waals surface area contributed by atoms with Crippen molar-refractivity contribution in [3.63, 3.8) is 0 Å². The Kier molecular flexibility index (Phi) is 5.72. The Morgan fingerprint density at radius 3 is 2.62 bits per heavy atom. The topological polar surface area (TPSA) is 38.3 Å². The molecule has 0 aromatic heterocycles. The van der Waals surface area contributed by atoms with E-state index in [-0.39, 0.29) is 0 Å². The third-order valence-electron chi connectivity index (χ3n) is 1.97. The quantitative estimate of drug-likeness (QED) is 0.793. The van der Waals surface area contributed by atoms with Gasteiger partial charge in [-0.15, -0.1) is 0 Å². The van der Waals surface area contributed by atoms with Crippen molar-refractivity contribution < 1.29 is 9.53 Å². The summed E-state index contributed by atoms with van der Waals surface area (Å²) in [5, 5.41) is 3.24. The number of halogens is 1. The van der Waals surface area contributed by atoms with E-state index in [4.69, 9.17) is 16.3 Å². The van der Waals surface area contributed by atoms with Gasteiger partial charge in [-0.25, -0.2) is 4.79 Å². The number of nitrogens with one attached hydrogen (secondary N) is 1. The average molecular weight is 241 g/mol. The summed E-state index contributed by atoms with van der Waals surface area (Å²) in [6, 6.07) is 6.86. The van der Waals surface area contributed by atoms with Crippen molar-refractivity contribution in [1.29, 1.82) is 0 Å². The first-order valence-electron chi connectivity index (χ1n) is 5.21. The van der Waals surface area contributed by atoms with Gasteiger partial charge in [-0.1, -0.05) is 31.4 Å². The largest absolute Gasteiger partial charge is 0.449 e. The normalized spacial score (nSPS) is 9.88. The molecule has 0 aliphatic rings. The highest BCUT2D eigenvalue weighted by molar-refractivity contribution is 6.30. The Balaban J connectivity index is 2.26. The highest BCUT2D eigenvalue weighted by Gasteiger charge is 2.02. The first kappa shape index (κ1) is 12.8. The van der Waals surface area contributed by atoms with Gasteiger partial charge in [0, 0.05) is 10.7 Å². The molecule has 1 amide bonds. The predicted molar refractivity (Wildman–Crippen MR) is 65.6 cm³/mol. The fraction of sp³-hybridized carbons (Fsp3) is 0.333. The molecule has 1 aromatic carbocycles. The number of benzene rings is 1. The summed E-state index contributed by atoms with van der Waals surface area (Å²) in [4.78, 5) is 11.3. The number of amides is 1. The molecule has 0 fully saturated rings. The van der Waals surface area contributed by atoms with Crippen molar-refractivity contribution >= 4 is 23.4 Å². The van der Waals surface area contributed by atoms with E-state index in [1.54, 1.807) is 24.3 Å². The number of anilines is 1. The third kappa shape index (κ3) is 5.03. The molecule has 0 atom stereocenters. The van der Waals surface area contributed by atoms with Crippen molar-refractivity contribution in [2.24, 2.45) is 0 Å². The molecule has 0 bridgehead atoms. The van der Waals surface area contributed by atoms with Gasteiger partial charge in [-0.3, -0.25) is 5.32 Å². The van der Waals surface area contributed by atoms with Gasteiger partial charge in [0.05, 0.1) is 6.61 Å². The van der Waals surface area contributed by atoms with E-state index in [9.17, 15) is 4.79 Å². The van der Waals surface area contributed by atoms with Crippen molar-refractivity contribution in [3.05, 3.63) is 36.2 Å². The van der Waals surface area contributed by atoms with Gasteiger partial charge in [0.25, 0.3) is 0 Å². The Hall–Kier alpha value is -1.22. The maximum Gasteiger partial charge on any atom is 0.411 e. The van der Waals surface area contributed by atoms with Crippen LogP contribution in [0.1, 0.15) is 19.3 Å². The molecule has 0 saturated heterocycles. The number of ether oxygens (including phenoxy) is 1. The first-order chi connectivity index (χ1) is 7.72. The summed E-state index contributed by atoms with van der Waals surface area (Å²) in [7, 11) is 0. The number of carbonyl (C=O) groups excluding carboxylic acids is 1. The second-order valence-corrected chi connectivity index (χ2v) is 3.76. The lowest BCUT2D eigenvalue weighted by molar-refractivity contribution is 0.159. The molecule has 4 heteroatoms. The fourth-order valence-corrected chi connectivity index (χ4v) is 1.26. The van der Waals surface area contributed by atoms with E-state index in [1.807, 2.05) is 0 Å². The zero-order chi connectivity index (χ0) is 11.8. The summed E-state index contributed by atoms with van der Waals surface area (Å²) in [6.45, 7) is 4.14. The molecule has 3 nitrogen and oxygen atoms in total. The second kappa shape index (κ2) is 7.12. The van der Waals surface area contributed by atoms with Crippen LogP contribution >= 0.6 is 11.6 Å². The Morgan fingerprint density at radius 2 is 2.00 bits per heavy atom. The van der Waals surface area contributed by atoms with Crippen LogP contribution in [-0.4, -0.2) is 12.7 Å². The molecule has 1 N–H and O–H groups in total. The van der Waals surface area contributed by atoms with E-state index < -0.39 is 6.09 Å². The summed E-state index contributed by atoms with van der Waals surface area (Å²) >= 11 is 5.72. The minimum absolute atomic E-state index is 0.426. The standard InChI is InChI=1S/C12H15ClNO2/c1-2-3-4-9-16-12(15)14-11-7-5-10(13)6-8-11/h5-8H,1-4,9H2,(H,14,15). The van der Waals surface area contributed by atoms with E-state index >= 15 is 0 Å². The van der Waals surface area contributed by atoms with E-state index in [2.05, 4.69) is 12.2 Å². The maximum atomic E-state index is 11.3. The van der Waals surface area contributed by atoms with Crippen molar-refractivity contribution in [1.82, 2.24) is 0 Å². The minimum Gasteiger partial charge on any atom is -0.449 e. The lowest BCUT2D eigenvalue weighted by atomic mass is 10.3. The molecule has 1 aromatic rings. The number of unbranched alkanes of at least 4 members (excludes halogenated alkanes) is 2. The molecule has 0 aliphatic carbocycles. The van der Waals surface area contributed by atoms with Gasteiger partial charge < -0.3 is 4.74 Å². The van der Waals surface area contributed by atoms with Gasteiger partial charge in [0.15, 0.2) is 0 Å².